The number of Topliss-reactive ketones (excluding diaryl/α,β-unsaturated/α-hetero) is 1. The molecule has 1 aromatic carbocycles. The van der Waals surface area contributed by atoms with Gasteiger partial charge in [-0.25, -0.2) is 0 Å². The number of amides is 2. The number of hydrogen-bond acceptors (Lipinski definition) is 4. The van der Waals surface area contributed by atoms with Crippen LogP contribution in [-0.2, 0) is 14.4 Å². The van der Waals surface area contributed by atoms with E-state index in [9.17, 15) is 14.4 Å². The molecular formula is C13H14N2O4. The first-order valence-electron chi connectivity index (χ1n) is 5.77. The number of likely N-dealkylation sites (N-methyl/N-ethyl adjacent to an activating group) is 1. The highest BCUT2D eigenvalue weighted by molar-refractivity contribution is 6.43. The molecule has 100 valence electrons. The molecular weight excluding hydrogens is 248 g/mol. The highest BCUT2D eigenvalue weighted by Crippen LogP contribution is 2.24. The first-order chi connectivity index (χ1) is 9.04. The summed E-state index contributed by atoms with van der Waals surface area (Å²) < 4.78 is 5.10. The maximum Gasteiger partial charge on any atom is 0.290 e. The summed E-state index contributed by atoms with van der Waals surface area (Å²) in [6, 6.07) is 6.88. The molecule has 0 aromatic heterocycles. The first-order valence-corrected chi connectivity index (χ1v) is 5.77. The summed E-state index contributed by atoms with van der Waals surface area (Å²) in [6.07, 6.45) is 0. The lowest BCUT2D eigenvalue weighted by Crippen LogP contribution is -2.29. The number of carbonyl (C=O) groups excluding carboxylic acids is 3. The minimum atomic E-state index is -0.956. The molecule has 0 aliphatic carbocycles. The summed E-state index contributed by atoms with van der Waals surface area (Å²) in [6.45, 7) is 0.110. The van der Waals surface area contributed by atoms with Crippen molar-refractivity contribution in [3.8, 4) is 5.75 Å². The van der Waals surface area contributed by atoms with Crippen molar-refractivity contribution in [3.05, 3.63) is 24.3 Å². The molecule has 1 aliphatic rings. The van der Waals surface area contributed by atoms with E-state index in [1.165, 1.54) is 19.1 Å². The second kappa shape index (κ2) is 5.09. The van der Waals surface area contributed by atoms with Crippen molar-refractivity contribution in [2.45, 2.75) is 0 Å². The lowest BCUT2D eigenvalue weighted by atomic mass is 10.1. The van der Waals surface area contributed by atoms with Gasteiger partial charge in [-0.1, -0.05) is 12.1 Å². The van der Waals surface area contributed by atoms with Gasteiger partial charge in [0.05, 0.1) is 12.8 Å². The van der Waals surface area contributed by atoms with Gasteiger partial charge in [-0.2, -0.15) is 0 Å². The van der Waals surface area contributed by atoms with Gasteiger partial charge < -0.3 is 15.0 Å². The second-order valence-corrected chi connectivity index (χ2v) is 4.29. The number of nitrogens with one attached hydrogen (secondary N) is 1. The van der Waals surface area contributed by atoms with Crippen LogP contribution in [0.5, 0.6) is 5.75 Å². The van der Waals surface area contributed by atoms with E-state index in [1.807, 2.05) is 0 Å². The number of anilines is 1. The fourth-order valence-corrected chi connectivity index (χ4v) is 1.95. The highest BCUT2D eigenvalue weighted by Gasteiger charge is 2.41. The van der Waals surface area contributed by atoms with E-state index in [0.717, 1.165) is 0 Å². The van der Waals surface area contributed by atoms with Crippen molar-refractivity contribution in [2.24, 2.45) is 5.92 Å². The number of likely N-dealkylation sites (tertiary alicyclic amines) is 1. The predicted octanol–water partition coefficient (Wildman–Crippen LogP) is 0.291. The summed E-state index contributed by atoms with van der Waals surface area (Å²) in [5.41, 5.74) is 0.477. The Kier molecular flexibility index (Phi) is 3.50. The van der Waals surface area contributed by atoms with Gasteiger partial charge in [-0.05, 0) is 12.1 Å². The number of benzene rings is 1. The molecule has 2 rings (SSSR count). The van der Waals surface area contributed by atoms with Crippen LogP contribution in [0.1, 0.15) is 0 Å². The normalized spacial score (nSPS) is 18.6. The van der Waals surface area contributed by atoms with Crippen LogP contribution in [0.25, 0.3) is 0 Å². The number of methoxy groups -OCH3 is 1. The van der Waals surface area contributed by atoms with Crippen molar-refractivity contribution in [2.75, 3.05) is 26.0 Å². The SMILES string of the molecule is COc1ccccc1NC(=O)C1CN(C)C(=O)C1=O. The van der Waals surface area contributed by atoms with Gasteiger partial charge in [0, 0.05) is 13.6 Å². The Morgan fingerprint density at radius 1 is 1.37 bits per heavy atom. The van der Waals surface area contributed by atoms with E-state index in [-0.39, 0.29) is 6.54 Å². The average molecular weight is 262 g/mol. The monoisotopic (exact) mass is 262 g/mol. The van der Waals surface area contributed by atoms with Crippen molar-refractivity contribution >= 4 is 23.3 Å². The molecule has 1 aliphatic heterocycles. The molecule has 0 radical (unpaired) electrons. The standard InChI is InChI=1S/C13H14N2O4/c1-15-7-8(11(16)13(15)18)12(17)14-9-5-3-4-6-10(9)19-2/h3-6,8H,7H2,1-2H3,(H,14,17). The van der Waals surface area contributed by atoms with Gasteiger partial charge in [-0.3, -0.25) is 14.4 Å². The van der Waals surface area contributed by atoms with Crippen LogP contribution in [0.2, 0.25) is 0 Å². The zero-order valence-corrected chi connectivity index (χ0v) is 10.7. The van der Waals surface area contributed by atoms with Crippen LogP contribution in [0.15, 0.2) is 24.3 Å². The number of para-hydroxylation sites is 2. The van der Waals surface area contributed by atoms with Gasteiger partial charge in [0.15, 0.2) is 0 Å². The van der Waals surface area contributed by atoms with Crippen molar-refractivity contribution in [3.63, 3.8) is 0 Å². The third-order valence-corrected chi connectivity index (χ3v) is 3.01. The highest BCUT2D eigenvalue weighted by atomic mass is 16.5. The molecule has 6 nitrogen and oxygen atoms in total. The molecule has 19 heavy (non-hydrogen) atoms. The van der Waals surface area contributed by atoms with Gasteiger partial charge in [0.2, 0.25) is 11.7 Å². The minimum absolute atomic E-state index is 0.110. The van der Waals surface area contributed by atoms with Crippen molar-refractivity contribution in [1.29, 1.82) is 0 Å². The molecule has 6 heteroatoms. The van der Waals surface area contributed by atoms with E-state index in [2.05, 4.69) is 5.32 Å². The summed E-state index contributed by atoms with van der Waals surface area (Å²) in [5.74, 6) is -2.24. The molecule has 1 heterocycles. The second-order valence-electron chi connectivity index (χ2n) is 4.29. The maximum atomic E-state index is 12.0. The summed E-state index contributed by atoms with van der Waals surface area (Å²) in [4.78, 5) is 36.2. The van der Waals surface area contributed by atoms with Crippen LogP contribution in [0, 0.1) is 5.92 Å². The molecule has 1 aromatic rings. The fourth-order valence-electron chi connectivity index (χ4n) is 1.95. The molecule has 2 amide bonds. The smallest absolute Gasteiger partial charge is 0.290 e. The zero-order valence-electron chi connectivity index (χ0n) is 10.7. The Bertz CT molecular complexity index is 541. The van der Waals surface area contributed by atoms with Gasteiger partial charge in [0.1, 0.15) is 11.7 Å². The molecule has 1 fully saturated rings. The summed E-state index contributed by atoms with van der Waals surface area (Å²) in [7, 11) is 2.99. The van der Waals surface area contributed by atoms with Crippen LogP contribution in [0.4, 0.5) is 5.69 Å². The lowest BCUT2D eigenvalue weighted by molar-refractivity contribution is -0.141. The Hall–Kier alpha value is -2.37. The maximum absolute atomic E-state index is 12.0. The van der Waals surface area contributed by atoms with Crippen LogP contribution in [0.3, 0.4) is 0 Å². The minimum Gasteiger partial charge on any atom is -0.495 e. The number of hydrogen-bond donors (Lipinski definition) is 1. The fraction of sp³-hybridized carbons (Fsp3) is 0.308. The number of carbonyl (C=O) groups is 3. The van der Waals surface area contributed by atoms with E-state index < -0.39 is 23.5 Å². The molecule has 0 spiro atoms. The Labute approximate surface area is 110 Å². The van der Waals surface area contributed by atoms with Crippen molar-refractivity contribution < 1.29 is 19.1 Å². The third-order valence-electron chi connectivity index (χ3n) is 3.01. The van der Waals surface area contributed by atoms with Gasteiger partial charge in [-0.15, -0.1) is 0 Å². The van der Waals surface area contributed by atoms with E-state index >= 15 is 0 Å². The number of rotatable bonds is 3. The number of nitrogens with zero attached hydrogens (tertiary/aromatic N) is 1. The van der Waals surface area contributed by atoms with Crippen LogP contribution in [-0.4, -0.2) is 43.2 Å². The molecule has 1 unspecified atom stereocenters. The van der Waals surface area contributed by atoms with Gasteiger partial charge >= 0.3 is 0 Å². The molecule has 1 saturated heterocycles. The topological polar surface area (TPSA) is 75.7 Å². The lowest BCUT2D eigenvalue weighted by Gasteiger charge is -2.12. The number of ether oxygens (including phenoxy) is 1. The Morgan fingerprint density at radius 3 is 2.63 bits per heavy atom. The first kappa shape index (κ1) is 13.1. The van der Waals surface area contributed by atoms with Crippen LogP contribution < -0.4 is 10.1 Å². The molecule has 1 N–H and O–H groups in total. The quantitative estimate of drug-likeness (QED) is 0.627. The van der Waals surface area contributed by atoms with E-state index in [1.54, 1.807) is 24.3 Å². The van der Waals surface area contributed by atoms with Crippen molar-refractivity contribution in [1.82, 2.24) is 4.90 Å². The average Bonchev–Trinajstić information content (AvgIpc) is 2.67. The predicted molar refractivity (Wildman–Crippen MR) is 67.8 cm³/mol. The molecule has 0 saturated carbocycles. The van der Waals surface area contributed by atoms with Gasteiger partial charge in [0.25, 0.3) is 5.91 Å². The largest absolute Gasteiger partial charge is 0.495 e. The van der Waals surface area contributed by atoms with Crippen LogP contribution >= 0.6 is 0 Å². The zero-order chi connectivity index (χ0) is 14.0. The summed E-state index contributed by atoms with van der Waals surface area (Å²) in [5, 5.41) is 2.61. The van der Waals surface area contributed by atoms with E-state index in [4.69, 9.17) is 4.74 Å². The Morgan fingerprint density at radius 2 is 2.05 bits per heavy atom. The Balaban J connectivity index is 2.14. The summed E-state index contributed by atoms with van der Waals surface area (Å²) >= 11 is 0. The molecule has 0 bridgehead atoms. The number of ketones is 1. The molecule has 1 atom stereocenters. The van der Waals surface area contributed by atoms with E-state index in [0.29, 0.717) is 11.4 Å². The third kappa shape index (κ3) is 2.42.